The Morgan fingerprint density at radius 3 is 2.79 bits per heavy atom. The molecule has 0 aliphatic carbocycles. The van der Waals surface area contributed by atoms with E-state index in [4.69, 9.17) is 0 Å². The minimum Gasteiger partial charge on any atom is -0.346 e. The molecule has 19 heavy (non-hydrogen) atoms. The number of nitrogens with one attached hydrogen (secondary N) is 1. The van der Waals surface area contributed by atoms with Crippen molar-refractivity contribution in [3.8, 4) is 0 Å². The minimum atomic E-state index is -0.160. The highest BCUT2D eigenvalue weighted by atomic mass is 16.1. The van der Waals surface area contributed by atoms with Crippen molar-refractivity contribution in [1.29, 1.82) is 0 Å². The zero-order valence-corrected chi connectivity index (χ0v) is 11.8. The molecule has 5 heteroatoms. The smallest absolute Gasteiger partial charge is 0.221 e. The molecule has 1 amide bonds. The van der Waals surface area contributed by atoms with Gasteiger partial charge in [0.25, 0.3) is 0 Å². The first-order chi connectivity index (χ1) is 8.87. The maximum atomic E-state index is 11.9. The zero-order valence-electron chi connectivity index (χ0n) is 11.8. The van der Waals surface area contributed by atoms with Crippen molar-refractivity contribution >= 4 is 11.6 Å². The second-order valence-electron chi connectivity index (χ2n) is 6.01. The molecular formula is C14H20N4O. The third kappa shape index (κ3) is 3.30. The van der Waals surface area contributed by atoms with E-state index in [2.05, 4.69) is 15.5 Å². The van der Waals surface area contributed by atoms with Crippen molar-refractivity contribution < 1.29 is 4.79 Å². The van der Waals surface area contributed by atoms with E-state index in [-0.39, 0.29) is 17.4 Å². The van der Waals surface area contributed by atoms with Gasteiger partial charge in [-0.3, -0.25) is 9.20 Å². The summed E-state index contributed by atoms with van der Waals surface area (Å²) in [5, 5.41) is 11.2. The van der Waals surface area contributed by atoms with Gasteiger partial charge in [-0.2, -0.15) is 0 Å². The number of pyridine rings is 1. The number of fused-ring (bicyclic) bond motifs is 1. The second kappa shape index (κ2) is 4.99. The van der Waals surface area contributed by atoms with Crippen molar-refractivity contribution in [2.45, 2.75) is 40.2 Å². The lowest BCUT2D eigenvalue weighted by atomic mass is 9.92. The molecule has 1 unspecified atom stereocenters. The second-order valence-corrected chi connectivity index (χ2v) is 6.01. The van der Waals surface area contributed by atoms with Crippen molar-refractivity contribution in [2.75, 3.05) is 0 Å². The molecule has 0 aliphatic rings. The molecule has 0 saturated carbocycles. The normalized spacial score (nSPS) is 13.5. The molecule has 2 heterocycles. The molecule has 2 aromatic rings. The number of carbonyl (C=O) groups excluding carboxylic acids is 1. The molecule has 1 N–H and O–H groups in total. The average molecular weight is 260 g/mol. The van der Waals surface area contributed by atoms with E-state index >= 15 is 0 Å². The van der Waals surface area contributed by atoms with Crippen LogP contribution in [-0.2, 0) is 4.79 Å². The van der Waals surface area contributed by atoms with E-state index in [0.717, 1.165) is 11.5 Å². The Hall–Kier alpha value is -1.91. The van der Waals surface area contributed by atoms with Crippen LogP contribution in [0.15, 0.2) is 24.4 Å². The Morgan fingerprint density at radius 1 is 1.37 bits per heavy atom. The molecule has 2 aromatic heterocycles. The largest absolute Gasteiger partial charge is 0.346 e. The van der Waals surface area contributed by atoms with Gasteiger partial charge in [0.05, 0.1) is 6.04 Å². The van der Waals surface area contributed by atoms with Crippen LogP contribution in [-0.4, -0.2) is 20.5 Å². The van der Waals surface area contributed by atoms with Crippen LogP contribution in [0.3, 0.4) is 0 Å². The number of carbonyl (C=O) groups is 1. The predicted molar refractivity (Wildman–Crippen MR) is 73.6 cm³/mol. The van der Waals surface area contributed by atoms with Gasteiger partial charge in [-0.15, -0.1) is 10.2 Å². The molecule has 0 aliphatic heterocycles. The van der Waals surface area contributed by atoms with Crippen LogP contribution in [0.4, 0.5) is 0 Å². The molecule has 2 rings (SSSR count). The molecule has 0 spiro atoms. The van der Waals surface area contributed by atoms with Crippen LogP contribution in [0.5, 0.6) is 0 Å². The molecule has 0 aromatic carbocycles. The van der Waals surface area contributed by atoms with E-state index < -0.39 is 0 Å². The first-order valence-corrected chi connectivity index (χ1v) is 6.46. The lowest BCUT2D eigenvalue weighted by molar-refractivity contribution is -0.123. The Kier molecular flexibility index (Phi) is 3.55. The number of aromatic nitrogens is 3. The summed E-state index contributed by atoms with van der Waals surface area (Å²) >= 11 is 0. The van der Waals surface area contributed by atoms with Gasteiger partial charge in [-0.25, -0.2) is 0 Å². The Balaban J connectivity index is 2.12. The topological polar surface area (TPSA) is 59.3 Å². The van der Waals surface area contributed by atoms with Gasteiger partial charge in [0.1, 0.15) is 0 Å². The molecule has 5 nitrogen and oxygen atoms in total. The number of rotatable bonds is 3. The van der Waals surface area contributed by atoms with Gasteiger partial charge in [-0.05, 0) is 24.5 Å². The molecule has 0 fully saturated rings. The summed E-state index contributed by atoms with van der Waals surface area (Å²) in [6.07, 6.45) is 2.39. The molecular weight excluding hydrogens is 240 g/mol. The van der Waals surface area contributed by atoms with Crippen molar-refractivity contribution in [2.24, 2.45) is 5.41 Å². The van der Waals surface area contributed by atoms with Crippen molar-refractivity contribution in [3.05, 3.63) is 30.2 Å². The van der Waals surface area contributed by atoms with Gasteiger partial charge in [0, 0.05) is 12.6 Å². The van der Waals surface area contributed by atoms with Crippen LogP contribution < -0.4 is 5.32 Å². The summed E-state index contributed by atoms with van der Waals surface area (Å²) in [6, 6.07) is 5.56. The lowest BCUT2D eigenvalue weighted by Crippen LogP contribution is -2.30. The summed E-state index contributed by atoms with van der Waals surface area (Å²) in [5.74, 6) is 0.783. The molecule has 0 radical (unpaired) electrons. The Bertz CT molecular complexity index is 582. The van der Waals surface area contributed by atoms with E-state index in [1.807, 2.05) is 56.5 Å². The number of hydrogen-bond acceptors (Lipinski definition) is 3. The van der Waals surface area contributed by atoms with E-state index in [0.29, 0.717) is 6.42 Å². The van der Waals surface area contributed by atoms with Crippen molar-refractivity contribution in [1.82, 2.24) is 19.9 Å². The maximum absolute atomic E-state index is 11.9. The lowest BCUT2D eigenvalue weighted by Gasteiger charge is -2.19. The van der Waals surface area contributed by atoms with Crippen LogP contribution in [0, 0.1) is 5.41 Å². The fourth-order valence-corrected chi connectivity index (χ4v) is 1.99. The van der Waals surface area contributed by atoms with Gasteiger partial charge >= 0.3 is 0 Å². The minimum absolute atomic E-state index is 0.0171. The molecule has 1 atom stereocenters. The first-order valence-electron chi connectivity index (χ1n) is 6.46. The van der Waals surface area contributed by atoms with E-state index in [9.17, 15) is 4.79 Å². The standard InChI is InChI=1S/C14H20N4O/c1-10(15-12(19)9-14(2,3)4)13-17-16-11-7-5-6-8-18(11)13/h5-8,10H,9H2,1-4H3,(H,15,19). The summed E-state index contributed by atoms with van der Waals surface area (Å²) < 4.78 is 1.89. The third-order valence-corrected chi connectivity index (χ3v) is 2.80. The van der Waals surface area contributed by atoms with E-state index in [1.165, 1.54) is 0 Å². The third-order valence-electron chi connectivity index (χ3n) is 2.80. The zero-order chi connectivity index (χ0) is 14.0. The number of hydrogen-bond donors (Lipinski definition) is 1. The summed E-state index contributed by atoms with van der Waals surface area (Å²) in [4.78, 5) is 11.9. The van der Waals surface area contributed by atoms with Gasteiger partial charge in [0.15, 0.2) is 11.5 Å². The highest BCUT2D eigenvalue weighted by Crippen LogP contribution is 2.19. The quantitative estimate of drug-likeness (QED) is 0.921. The fourth-order valence-electron chi connectivity index (χ4n) is 1.99. The van der Waals surface area contributed by atoms with Crippen LogP contribution >= 0.6 is 0 Å². The van der Waals surface area contributed by atoms with Gasteiger partial charge in [0.2, 0.25) is 5.91 Å². The Labute approximate surface area is 113 Å². The Morgan fingerprint density at radius 2 is 2.11 bits per heavy atom. The highest BCUT2D eigenvalue weighted by molar-refractivity contribution is 5.76. The molecule has 0 saturated heterocycles. The van der Waals surface area contributed by atoms with Gasteiger partial charge < -0.3 is 5.32 Å². The maximum Gasteiger partial charge on any atom is 0.221 e. The van der Waals surface area contributed by atoms with E-state index in [1.54, 1.807) is 0 Å². The van der Waals surface area contributed by atoms with Crippen LogP contribution in [0.25, 0.3) is 5.65 Å². The molecule has 0 bridgehead atoms. The SMILES string of the molecule is CC(NC(=O)CC(C)(C)C)c1nnc2ccccn12. The average Bonchev–Trinajstić information content (AvgIpc) is 2.69. The van der Waals surface area contributed by atoms with Gasteiger partial charge in [-0.1, -0.05) is 26.8 Å². The predicted octanol–water partition coefficient (Wildman–Crippen LogP) is 2.34. The monoisotopic (exact) mass is 260 g/mol. The number of amides is 1. The van der Waals surface area contributed by atoms with Crippen LogP contribution in [0.2, 0.25) is 0 Å². The highest BCUT2D eigenvalue weighted by Gasteiger charge is 2.20. The number of nitrogens with zero attached hydrogens (tertiary/aromatic N) is 3. The summed E-state index contributed by atoms with van der Waals surface area (Å²) in [5.41, 5.74) is 0.769. The van der Waals surface area contributed by atoms with Crippen molar-refractivity contribution in [3.63, 3.8) is 0 Å². The van der Waals surface area contributed by atoms with Crippen LogP contribution in [0.1, 0.15) is 46.0 Å². The molecule has 102 valence electrons. The fraction of sp³-hybridized carbons (Fsp3) is 0.500. The first kappa shape index (κ1) is 13.5. The summed E-state index contributed by atoms with van der Waals surface area (Å²) in [7, 11) is 0. The summed E-state index contributed by atoms with van der Waals surface area (Å²) in [6.45, 7) is 8.06.